The second-order valence-corrected chi connectivity index (χ2v) is 8.82. The van der Waals surface area contributed by atoms with Crippen molar-refractivity contribution < 1.29 is 13.2 Å². The molecule has 2 N–H and O–H groups in total. The molecule has 1 aliphatic carbocycles. The summed E-state index contributed by atoms with van der Waals surface area (Å²) >= 11 is 6.13. The Labute approximate surface area is 167 Å². The van der Waals surface area contributed by atoms with E-state index in [0.29, 0.717) is 24.7 Å². The number of anilines is 1. The number of allylic oxidation sites excluding steroid dienone is 1. The van der Waals surface area contributed by atoms with E-state index in [1.807, 2.05) is 0 Å². The van der Waals surface area contributed by atoms with Gasteiger partial charge in [-0.25, -0.2) is 13.2 Å². The normalized spacial score (nSPS) is 14.7. The number of carbonyl (C=O) groups is 1. The number of hydrogen-bond acceptors (Lipinski definition) is 3. The standard InChI is InChI=1S/C19H28ClN3O3S/c1-3-23(4-2)27(25,26)16-10-11-17(20)18(14-16)22-19(24)21-13-12-15-8-6-5-7-9-15/h8,10-11,14H,3-7,9,12-13H2,1-2H3,(H2,21,22,24). The summed E-state index contributed by atoms with van der Waals surface area (Å²) in [6.07, 6.45) is 7.74. The Bertz CT molecular complexity index is 789. The lowest BCUT2D eigenvalue weighted by Crippen LogP contribution is -2.31. The van der Waals surface area contributed by atoms with Crippen LogP contribution in [-0.2, 0) is 10.0 Å². The van der Waals surface area contributed by atoms with Crippen LogP contribution in [0.5, 0.6) is 0 Å². The molecule has 1 aromatic rings. The zero-order valence-electron chi connectivity index (χ0n) is 15.9. The summed E-state index contributed by atoms with van der Waals surface area (Å²) in [5.74, 6) is 0. The van der Waals surface area contributed by atoms with E-state index in [0.717, 1.165) is 19.3 Å². The van der Waals surface area contributed by atoms with Crippen molar-refractivity contribution in [3.8, 4) is 0 Å². The van der Waals surface area contributed by atoms with Gasteiger partial charge < -0.3 is 10.6 Å². The van der Waals surface area contributed by atoms with E-state index in [2.05, 4.69) is 16.7 Å². The molecule has 8 heteroatoms. The molecule has 0 bridgehead atoms. The van der Waals surface area contributed by atoms with Gasteiger partial charge in [0.1, 0.15) is 0 Å². The number of halogens is 1. The van der Waals surface area contributed by atoms with Crippen molar-refractivity contribution in [1.29, 1.82) is 0 Å². The van der Waals surface area contributed by atoms with E-state index in [-0.39, 0.29) is 10.6 Å². The molecule has 0 aliphatic heterocycles. The Hall–Kier alpha value is -1.57. The number of amides is 2. The van der Waals surface area contributed by atoms with Crippen LogP contribution in [0, 0.1) is 0 Å². The van der Waals surface area contributed by atoms with Gasteiger partial charge in [-0.05, 0) is 50.3 Å². The lowest BCUT2D eigenvalue weighted by molar-refractivity contribution is 0.252. The van der Waals surface area contributed by atoms with Crippen molar-refractivity contribution in [2.45, 2.75) is 50.8 Å². The SMILES string of the molecule is CCN(CC)S(=O)(=O)c1ccc(Cl)c(NC(=O)NCCC2=CCCCC2)c1. The Kier molecular flexibility index (Phi) is 8.13. The van der Waals surface area contributed by atoms with E-state index in [1.54, 1.807) is 13.8 Å². The summed E-state index contributed by atoms with van der Waals surface area (Å²) in [5, 5.41) is 5.74. The van der Waals surface area contributed by atoms with E-state index in [9.17, 15) is 13.2 Å². The molecule has 0 radical (unpaired) electrons. The minimum atomic E-state index is -3.61. The van der Waals surface area contributed by atoms with Gasteiger partial charge in [-0.2, -0.15) is 4.31 Å². The maximum absolute atomic E-state index is 12.6. The van der Waals surface area contributed by atoms with E-state index in [4.69, 9.17) is 11.6 Å². The predicted octanol–water partition coefficient (Wildman–Crippen LogP) is 4.38. The summed E-state index contributed by atoms with van der Waals surface area (Å²) in [6.45, 7) is 4.85. The summed E-state index contributed by atoms with van der Waals surface area (Å²) in [6, 6.07) is 3.94. The summed E-state index contributed by atoms with van der Waals surface area (Å²) in [4.78, 5) is 12.3. The number of sulfonamides is 1. The number of carbonyl (C=O) groups excluding carboxylic acids is 1. The highest BCUT2D eigenvalue weighted by Crippen LogP contribution is 2.27. The molecule has 0 spiro atoms. The van der Waals surface area contributed by atoms with Crippen LogP contribution >= 0.6 is 11.6 Å². The monoisotopic (exact) mass is 413 g/mol. The Morgan fingerprint density at radius 3 is 2.59 bits per heavy atom. The summed E-state index contributed by atoms with van der Waals surface area (Å²) < 4.78 is 26.6. The van der Waals surface area contributed by atoms with E-state index >= 15 is 0 Å². The van der Waals surface area contributed by atoms with Gasteiger partial charge in [-0.1, -0.05) is 37.1 Å². The number of benzene rings is 1. The minimum Gasteiger partial charge on any atom is -0.338 e. The third-order valence-corrected chi connectivity index (χ3v) is 7.02. The van der Waals surface area contributed by atoms with E-state index < -0.39 is 16.1 Å². The average molecular weight is 414 g/mol. The van der Waals surface area contributed by atoms with Crippen LogP contribution < -0.4 is 10.6 Å². The van der Waals surface area contributed by atoms with E-state index in [1.165, 1.54) is 40.9 Å². The zero-order chi connectivity index (χ0) is 19.9. The van der Waals surface area contributed by atoms with Crippen LogP contribution in [0.25, 0.3) is 0 Å². The van der Waals surface area contributed by atoms with Gasteiger partial charge >= 0.3 is 6.03 Å². The van der Waals surface area contributed by atoms with Gasteiger partial charge in [0.05, 0.1) is 15.6 Å². The summed E-state index contributed by atoms with van der Waals surface area (Å²) in [5.41, 5.74) is 1.66. The Morgan fingerprint density at radius 1 is 1.22 bits per heavy atom. The van der Waals surface area contributed by atoms with Crippen LogP contribution in [-0.4, -0.2) is 38.4 Å². The molecule has 0 aromatic heterocycles. The smallest absolute Gasteiger partial charge is 0.319 e. The van der Waals surface area contributed by atoms with Crippen LogP contribution in [0.15, 0.2) is 34.7 Å². The van der Waals surface area contributed by atoms with Gasteiger partial charge in [0.25, 0.3) is 0 Å². The lowest BCUT2D eigenvalue weighted by atomic mass is 9.97. The molecular weight excluding hydrogens is 386 g/mol. The average Bonchev–Trinajstić information content (AvgIpc) is 2.65. The van der Waals surface area contributed by atoms with Gasteiger partial charge in [-0.3, -0.25) is 0 Å². The molecule has 6 nitrogen and oxygen atoms in total. The third kappa shape index (κ3) is 5.96. The first kappa shape index (κ1) is 21.7. The number of urea groups is 1. The molecule has 0 saturated heterocycles. The molecule has 0 atom stereocenters. The summed E-state index contributed by atoms with van der Waals surface area (Å²) in [7, 11) is -3.61. The first-order valence-corrected chi connectivity index (χ1v) is 11.2. The molecule has 27 heavy (non-hydrogen) atoms. The number of rotatable bonds is 8. The molecule has 0 heterocycles. The Morgan fingerprint density at radius 2 is 1.96 bits per heavy atom. The molecule has 150 valence electrons. The van der Waals surface area contributed by atoms with Gasteiger partial charge in [0.2, 0.25) is 10.0 Å². The van der Waals surface area contributed by atoms with Crippen molar-refractivity contribution in [3.63, 3.8) is 0 Å². The number of hydrogen-bond donors (Lipinski definition) is 2. The molecule has 0 unspecified atom stereocenters. The molecular formula is C19H28ClN3O3S. The van der Waals surface area contributed by atoms with Crippen LogP contribution in [0.1, 0.15) is 46.0 Å². The van der Waals surface area contributed by atoms with Gasteiger partial charge in [0.15, 0.2) is 0 Å². The minimum absolute atomic E-state index is 0.110. The van der Waals surface area contributed by atoms with Crippen LogP contribution in [0.2, 0.25) is 5.02 Å². The van der Waals surface area contributed by atoms with Crippen molar-refractivity contribution in [3.05, 3.63) is 34.9 Å². The molecule has 1 aromatic carbocycles. The van der Waals surface area contributed by atoms with Gasteiger partial charge in [-0.15, -0.1) is 0 Å². The Balaban J connectivity index is 2.01. The zero-order valence-corrected chi connectivity index (χ0v) is 17.5. The fraction of sp³-hybridized carbons (Fsp3) is 0.526. The fourth-order valence-electron chi connectivity index (χ4n) is 3.11. The molecule has 1 aliphatic rings. The highest BCUT2D eigenvalue weighted by atomic mass is 35.5. The maximum atomic E-state index is 12.6. The lowest BCUT2D eigenvalue weighted by Gasteiger charge is -2.19. The van der Waals surface area contributed by atoms with Crippen molar-refractivity contribution in [1.82, 2.24) is 9.62 Å². The first-order valence-electron chi connectivity index (χ1n) is 9.41. The number of nitrogens with zero attached hydrogens (tertiary/aromatic N) is 1. The van der Waals surface area contributed by atoms with Crippen molar-refractivity contribution in [2.24, 2.45) is 0 Å². The third-order valence-electron chi connectivity index (χ3n) is 4.65. The topological polar surface area (TPSA) is 78.5 Å². The van der Waals surface area contributed by atoms with Crippen LogP contribution in [0.4, 0.5) is 10.5 Å². The molecule has 0 saturated carbocycles. The highest BCUT2D eigenvalue weighted by molar-refractivity contribution is 7.89. The number of nitrogens with one attached hydrogen (secondary N) is 2. The second kappa shape index (κ2) is 10.1. The van der Waals surface area contributed by atoms with Crippen molar-refractivity contribution >= 4 is 33.3 Å². The predicted molar refractivity (Wildman–Crippen MR) is 110 cm³/mol. The molecule has 2 rings (SSSR count). The maximum Gasteiger partial charge on any atom is 0.319 e. The fourth-order valence-corrected chi connectivity index (χ4v) is 4.76. The van der Waals surface area contributed by atoms with Gasteiger partial charge in [0, 0.05) is 19.6 Å². The molecule has 2 amide bonds. The van der Waals surface area contributed by atoms with Crippen LogP contribution in [0.3, 0.4) is 0 Å². The molecule has 0 fully saturated rings. The first-order chi connectivity index (χ1) is 12.9. The highest BCUT2D eigenvalue weighted by Gasteiger charge is 2.22. The quantitative estimate of drug-likeness (QED) is 0.620. The second-order valence-electron chi connectivity index (χ2n) is 6.47. The van der Waals surface area contributed by atoms with Crippen molar-refractivity contribution in [2.75, 3.05) is 25.0 Å². The largest absolute Gasteiger partial charge is 0.338 e.